The minimum atomic E-state index is -0.486. The Kier molecular flexibility index (Phi) is 2.59. The summed E-state index contributed by atoms with van der Waals surface area (Å²) in [5, 5.41) is 0. The van der Waals surface area contributed by atoms with Gasteiger partial charge in [0.1, 0.15) is 11.4 Å². The van der Waals surface area contributed by atoms with Gasteiger partial charge in [-0.15, -0.1) is 0 Å². The molecule has 0 amide bonds. The molecule has 4 nitrogen and oxygen atoms in total. The fraction of sp³-hybridized carbons (Fsp3) is 0.231. The van der Waals surface area contributed by atoms with Crippen molar-refractivity contribution in [2.24, 2.45) is 0 Å². The summed E-state index contributed by atoms with van der Waals surface area (Å²) in [6.45, 7) is 0. The van der Waals surface area contributed by atoms with Crippen LogP contribution in [0.4, 0.5) is 10.3 Å². The number of hydrogen-bond acceptors (Lipinski definition) is 4. The van der Waals surface area contributed by atoms with E-state index in [-0.39, 0.29) is 11.6 Å². The molecule has 2 N–H and O–H groups in total. The molecule has 1 fully saturated rings. The average molecular weight is 245 g/mol. The molecule has 0 radical (unpaired) electrons. The minimum absolute atomic E-state index is 0.0599. The van der Waals surface area contributed by atoms with Crippen LogP contribution in [-0.4, -0.2) is 16.1 Å². The zero-order valence-electron chi connectivity index (χ0n) is 9.64. The van der Waals surface area contributed by atoms with Gasteiger partial charge < -0.3 is 10.5 Å². The number of nitrogens with zero attached hydrogens (tertiary/aromatic N) is 2. The smallest absolute Gasteiger partial charge is 0.220 e. The molecular formula is C13H12FN3O. The van der Waals surface area contributed by atoms with Crippen LogP contribution in [-0.2, 0) is 0 Å². The maximum atomic E-state index is 13.6. The summed E-state index contributed by atoms with van der Waals surface area (Å²) in [6.07, 6.45) is 3.64. The first-order valence-electron chi connectivity index (χ1n) is 5.77. The highest BCUT2D eigenvalue weighted by Crippen LogP contribution is 2.28. The Balaban J connectivity index is 1.88. The number of ether oxygens (including phenoxy) is 1. The van der Waals surface area contributed by atoms with Crippen molar-refractivity contribution in [2.75, 3.05) is 5.73 Å². The van der Waals surface area contributed by atoms with Crippen LogP contribution in [0.1, 0.15) is 12.8 Å². The highest BCUT2D eigenvalue weighted by Gasteiger charge is 2.23. The molecule has 1 aliphatic carbocycles. The molecule has 1 saturated carbocycles. The molecule has 1 heterocycles. The second-order valence-corrected chi connectivity index (χ2v) is 4.27. The average Bonchev–Trinajstić information content (AvgIpc) is 3.17. The number of benzene rings is 1. The third kappa shape index (κ3) is 2.25. The van der Waals surface area contributed by atoms with Gasteiger partial charge in [-0.05, 0) is 37.1 Å². The first-order chi connectivity index (χ1) is 8.72. The van der Waals surface area contributed by atoms with Crippen molar-refractivity contribution in [3.8, 4) is 17.0 Å². The van der Waals surface area contributed by atoms with Crippen molar-refractivity contribution in [2.45, 2.75) is 18.9 Å². The number of halogens is 1. The van der Waals surface area contributed by atoms with Crippen LogP contribution in [0.3, 0.4) is 0 Å². The predicted octanol–water partition coefficient (Wildman–Crippen LogP) is 2.41. The Morgan fingerprint density at radius 2 is 1.94 bits per heavy atom. The van der Waals surface area contributed by atoms with Crippen molar-refractivity contribution in [1.29, 1.82) is 0 Å². The summed E-state index contributed by atoms with van der Waals surface area (Å²) in [7, 11) is 0. The largest absolute Gasteiger partial charge is 0.490 e. The van der Waals surface area contributed by atoms with Gasteiger partial charge in [-0.25, -0.2) is 14.4 Å². The van der Waals surface area contributed by atoms with Gasteiger partial charge in [-0.2, -0.15) is 0 Å². The third-order valence-corrected chi connectivity index (χ3v) is 2.72. The second-order valence-electron chi connectivity index (χ2n) is 4.27. The number of nitrogen functional groups attached to an aromatic ring is 1. The molecule has 1 aromatic carbocycles. The fourth-order valence-corrected chi connectivity index (χ4v) is 1.65. The van der Waals surface area contributed by atoms with E-state index < -0.39 is 5.82 Å². The molecular weight excluding hydrogens is 233 g/mol. The van der Waals surface area contributed by atoms with Crippen molar-refractivity contribution in [3.63, 3.8) is 0 Å². The molecule has 18 heavy (non-hydrogen) atoms. The SMILES string of the molecule is Nc1ncc(F)c(-c2ccc(OC3CC3)cc2)n1. The number of rotatable bonds is 3. The zero-order chi connectivity index (χ0) is 12.5. The fourth-order valence-electron chi connectivity index (χ4n) is 1.65. The van der Waals surface area contributed by atoms with Gasteiger partial charge in [0.25, 0.3) is 0 Å². The van der Waals surface area contributed by atoms with Crippen LogP contribution in [0.25, 0.3) is 11.3 Å². The molecule has 3 rings (SSSR count). The van der Waals surface area contributed by atoms with Gasteiger partial charge in [0.2, 0.25) is 5.95 Å². The lowest BCUT2D eigenvalue weighted by atomic mass is 10.1. The maximum Gasteiger partial charge on any atom is 0.220 e. The van der Waals surface area contributed by atoms with E-state index in [9.17, 15) is 4.39 Å². The monoisotopic (exact) mass is 245 g/mol. The maximum absolute atomic E-state index is 13.6. The van der Waals surface area contributed by atoms with E-state index in [1.807, 2.05) is 12.1 Å². The van der Waals surface area contributed by atoms with E-state index >= 15 is 0 Å². The number of aromatic nitrogens is 2. The van der Waals surface area contributed by atoms with Crippen LogP contribution >= 0.6 is 0 Å². The van der Waals surface area contributed by atoms with Gasteiger partial charge >= 0.3 is 0 Å². The molecule has 2 aromatic rings. The Labute approximate surface area is 104 Å². The zero-order valence-corrected chi connectivity index (χ0v) is 9.64. The molecule has 0 spiro atoms. The molecule has 0 bridgehead atoms. The van der Waals surface area contributed by atoms with Gasteiger partial charge in [-0.3, -0.25) is 0 Å². The van der Waals surface area contributed by atoms with Crippen molar-refractivity contribution in [3.05, 3.63) is 36.3 Å². The summed E-state index contributed by atoms with van der Waals surface area (Å²) in [5.74, 6) is 0.369. The summed E-state index contributed by atoms with van der Waals surface area (Å²) < 4.78 is 19.2. The van der Waals surface area contributed by atoms with Gasteiger partial charge in [-0.1, -0.05) is 0 Å². The van der Waals surface area contributed by atoms with Gasteiger partial charge in [0.05, 0.1) is 12.3 Å². The van der Waals surface area contributed by atoms with E-state index in [0.717, 1.165) is 24.8 Å². The molecule has 0 saturated heterocycles. The second kappa shape index (κ2) is 4.25. The topological polar surface area (TPSA) is 61.0 Å². The molecule has 92 valence electrons. The normalized spacial score (nSPS) is 14.5. The molecule has 5 heteroatoms. The summed E-state index contributed by atoms with van der Waals surface area (Å²) >= 11 is 0. The van der Waals surface area contributed by atoms with Crippen molar-refractivity contribution >= 4 is 5.95 Å². The summed E-state index contributed by atoms with van der Waals surface area (Å²) in [5.41, 5.74) is 6.32. The Hall–Kier alpha value is -2.17. The van der Waals surface area contributed by atoms with E-state index in [1.54, 1.807) is 12.1 Å². The highest BCUT2D eigenvalue weighted by atomic mass is 19.1. The summed E-state index contributed by atoms with van der Waals surface area (Å²) in [6, 6.07) is 7.15. The number of hydrogen-bond donors (Lipinski definition) is 1. The van der Waals surface area contributed by atoms with Crippen LogP contribution < -0.4 is 10.5 Å². The lowest BCUT2D eigenvalue weighted by Crippen LogP contribution is -1.99. The van der Waals surface area contributed by atoms with E-state index in [0.29, 0.717) is 11.7 Å². The number of nitrogens with two attached hydrogens (primary N) is 1. The van der Waals surface area contributed by atoms with Crippen LogP contribution in [0.15, 0.2) is 30.5 Å². The highest BCUT2D eigenvalue weighted by molar-refractivity contribution is 5.61. The Morgan fingerprint density at radius 1 is 1.22 bits per heavy atom. The first-order valence-corrected chi connectivity index (χ1v) is 5.77. The van der Waals surface area contributed by atoms with Crippen molar-refractivity contribution in [1.82, 2.24) is 9.97 Å². The van der Waals surface area contributed by atoms with Crippen LogP contribution in [0.2, 0.25) is 0 Å². The van der Waals surface area contributed by atoms with E-state index in [1.165, 1.54) is 0 Å². The van der Waals surface area contributed by atoms with Crippen molar-refractivity contribution < 1.29 is 9.13 Å². The molecule has 1 aromatic heterocycles. The Morgan fingerprint density at radius 3 is 2.61 bits per heavy atom. The van der Waals surface area contributed by atoms with E-state index in [2.05, 4.69) is 9.97 Å². The minimum Gasteiger partial charge on any atom is -0.490 e. The molecule has 1 aliphatic rings. The predicted molar refractivity (Wildman–Crippen MR) is 65.5 cm³/mol. The molecule has 0 atom stereocenters. The molecule has 0 unspecified atom stereocenters. The lowest BCUT2D eigenvalue weighted by molar-refractivity contribution is 0.303. The van der Waals surface area contributed by atoms with Crippen LogP contribution in [0.5, 0.6) is 5.75 Å². The lowest BCUT2D eigenvalue weighted by Gasteiger charge is -2.06. The number of anilines is 1. The third-order valence-electron chi connectivity index (χ3n) is 2.72. The quantitative estimate of drug-likeness (QED) is 0.902. The van der Waals surface area contributed by atoms with E-state index in [4.69, 9.17) is 10.5 Å². The first kappa shape index (κ1) is 11.0. The van der Waals surface area contributed by atoms with Gasteiger partial charge in [0, 0.05) is 5.56 Å². The molecule has 0 aliphatic heterocycles. The van der Waals surface area contributed by atoms with Gasteiger partial charge in [0.15, 0.2) is 5.82 Å². The Bertz CT molecular complexity index is 567. The van der Waals surface area contributed by atoms with Crippen LogP contribution in [0, 0.1) is 5.82 Å². The summed E-state index contributed by atoms with van der Waals surface area (Å²) in [4.78, 5) is 7.49. The standard InChI is InChI=1S/C13H12FN3O/c14-11-7-16-13(15)17-12(11)8-1-3-9(4-2-8)18-10-5-6-10/h1-4,7,10H,5-6H2,(H2,15,16,17).